The number of aliphatic carboxylic acids is 1. The van der Waals surface area contributed by atoms with Gasteiger partial charge in [-0.1, -0.05) is 0 Å². The Kier molecular flexibility index (Phi) is 3.69. The fourth-order valence-corrected chi connectivity index (χ4v) is 2.04. The predicted octanol–water partition coefficient (Wildman–Crippen LogP) is -0.523. The number of hydrogen-bond acceptors (Lipinski definition) is 3. The maximum absolute atomic E-state index is 12.2. The molecular weight excluding hydrogens is 238 g/mol. The minimum Gasteiger partial charge on any atom is -0.480 e. The highest BCUT2D eigenvalue weighted by Gasteiger charge is 2.36. The normalized spacial score (nSPS) is 20.0. The highest BCUT2D eigenvalue weighted by atomic mass is 16.4. The first-order valence-corrected chi connectivity index (χ1v) is 6.12. The molecule has 0 aromatic rings. The third-order valence-electron chi connectivity index (χ3n) is 3.07. The quantitative estimate of drug-likeness (QED) is 0.710. The van der Waals surface area contributed by atoms with E-state index in [1.165, 1.54) is 9.80 Å². The topological polar surface area (TPSA) is 89.9 Å². The molecule has 0 bridgehead atoms. The molecule has 100 valence electrons. The van der Waals surface area contributed by atoms with Crippen LogP contribution in [0.25, 0.3) is 0 Å². The summed E-state index contributed by atoms with van der Waals surface area (Å²) in [6.07, 6.45) is 2.39. The minimum absolute atomic E-state index is 0.0155. The van der Waals surface area contributed by atoms with E-state index in [2.05, 4.69) is 5.32 Å². The van der Waals surface area contributed by atoms with Gasteiger partial charge in [-0.05, 0) is 19.3 Å². The second kappa shape index (κ2) is 5.24. The van der Waals surface area contributed by atoms with Crippen LogP contribution in [0.5, 0.6) is 0 Å². The van der Waals surface area contributed by atoms with Crippen molar-refractivity contribution < 1.29 is 19.5 Å². The fraction of sp³-hybridized carbons (Fsp3) is 0.727. The molecule has 0 atom stereocenters. The second-order valence-corrected chi connectivity index (χ2v) is 4.66. The summed E-state index contributed by atoms with van der Waals surface area (Å²) >= 11 is 0. The largest absolute Gasteiger partial charge is 0.480 e. The van der Waals surface area contributed by atoms with Crippen LogP contribution in [0.3, 0.4) is 0 Å². The molecule has 2 fully saturated rings. The molecule has 3 amide bonds. The number of hydrogen-bond donors (Lipinski definition) is 2. The van der Waals surface area contributed by atoms with E-state index < -0.39 is 5.97 Å². The molecule has 1 aliphatic heterocycles. The van der Waals surface area contributed by atoms with Gasteiger partial charge in [-0.25, -0.2) is 4.79 Å². The summed E-state index contributed by atoms with van der Waals surface area (Å²) in [4.78, 5) is 37.2. The molecule has 2 aliphatic rings. The monoisotopic (exact) mass is 255 g/mol. The van der Waals surface area contributed by atoms with Crippen molar-refractivity contribution in [2.75, 3.05) is 26.2 Å². The average molecular weight is 255 g/mol. The summed E-state index contributed by atoms with van der Waals surface area (Å²) in [6.45, 7) is 0.772. The van der Waals surface area contributed by atoms with Crippen LogP contribution in [0.15, 0.2) is 0 Å². The first-order chi connectivity index (χ1) is 8.58. The van der Waals surface area contributed by atoms with Crippen molar-refractivity contribution in [2.45, 2.75) is 25.3 Å². The lowest BCUT2D eigenvalue weighted by Crippen LogP contribution is -2.48. The number of urea groups is 1. The molecule has 1 heterocycles. The molecule has 7 nitrogen and oxygen atoms in total. The lowest BCUT2D eigenvalue weighted by molar-refractivity contribution is -0.137. The van der Waals surface area contributed by atoms with Crippen molar-refractivity contribution in [3.8, 4) is 0 Å². The van der Waals surface area contributed by atoms with Crippen LogP contribution in [-0.2, 0) is 9.59 Å². The zero-order chi connectivity index (χ0) is 13.1. The van der Waals surface area contributed by atoms with Crippen molar-refractivity contribution in [3.63, 3.8) is 0 Å². The van der Waals surface area contributed by atoms with Crippen LogP contribution < -0.4 is 5.32 Å². The zero-order valence-corrected chi connectivity index (χ0v) is 10.1. The van der Waals surface area contributed by atoms with Crippen molar-refractivity contribution in [2.24, 2.45) is 0 Å². The van der Waals surface area contributed by atoms with Crippen LogP contribution in [0.1, 0.15) is 19.3 Å². The third kappa shape index (κ3) is 3.12. The Bertz CT molecular complexity index is 367. The van der Waals surface area contributed by atoms with Gasteiger partial charge < -0.3 is 20.2 Å². The van der Waals surface area contributed by atoms with Crippen molar-refractivity contribution in [1.29, 1.82) is 0 Å². The Morgan fingerprint density at radius 1 is 1.44 bits per heavy atom. The summed E-state index contributed by atoms with van der Waals surface area (Å²) in [5.74, 6) is -1.21. The molecule has 7 heteroatoms. The lowest BCUT2D eigenvalue weighted by Gasteiger charge is -2.28. The number of nitrogens with one attached hydrogen (secondary N) is 1. The van der Waals surface area contributed by atoms with E-state index in [0.717, 1.165) is 12.8 Å². The lowest BCUT2D eigenvalue weighted by atomic mass is 10.4. The summed E-state index contributed by atoms with van der Waals surface area (Å²) in [6, 6.07) is -0.308. The number of carboxylic acids is 1. The number of carboxylic acid groups (broad SMARTS) is 1. The molecule has 0 radical (unpaired) electrons. The van der Waals surface area contributed by atoms with Gasteiger partial charge in [-0.3, -0.25) is 9.59 Å². The van der Waals surface area contributed by atoms with E-state index >= 15 is 0 Å². The van der Waals surface area contributed by atoms with E-state index in [1.54, 1.807) is 0 Å². The Hall–Kier alpha value is -1.79. The maximum atomic E-state index is 12.2. The molecule has 2 N–H and O–H groups in total. The van der Waals surface area contributed by atoms with Crippen LogP contribution >= 0.6 is 0 Å². The van der Waals surface area contributed by atoms with Crippen molar-refractivity contribution in [3.05, 3.63) is 0 Å². The van der Waals surface area contributed by atoms with Gasteiger partial charge >= 0.3 is 12.0 Å². The first kappa shape index (κ1) is 12.7. The van der Waals surface area contributed by atoms with Gasteiger partial charge in [0.05, 0.1) is 0 Å². The smallest absolute Gasteiger partial charge is 0.323 e. The SMILES string of the molecule is O=C(O)CN(C(=O)N1CCCNC(=O)C1)C1CC1. The van der Waals surface area contributed by atoms with Crippen LogP contribution in [0, 0.1) is 0 Å². The summed E-state index contributed by atoms with van der Waals surface area (Å²) < 4.78 is 0. The van der Waals surface area contributed by atoms with Gasteiger partial charge in [-0.15, -0.1) is 0 Å². The maximum Gasteiger partial charge on any atom is 0.323 e. The number of rotatable bonds is 3. The average Bonchev–Trinajstić information content (AvgIpc) is 3.11. The van der Waals surface area contributed by atoms with Gasteiger partial charge in [0.1, 0.15) is 13.1 Å². The Balaban J connectivity index is 2.02. The standard InChI is InChI=1S/C11H17N3O4/c15-9-6-13(5-1-4-12-9)11(18)14(7-10(16)17)8-2-3-8/h8H,1-7H2,(H,12,15)(H,16,17). The number of carbonyl (C=O) groups is 3. The Labute approximate surface area is 105 Å². The molecule has 1 saturated carbocycles. The number of amides is 3. The van der Waals surface area contributed by atoms with Gasteiger partial charge in [-0.2, -0.15) is 0 Å². The summed E-state index contributed by atoms with van der Waals surface area (Å²) in [7, 11) is 0. The highest BCUT2D eigenvalue weighted by molar-refractivity contribution is 5.86. The van der Waals surface area contributed by atoms with Crippen LogP contribution in [0.2, 0.25) is 0 Å². The summed E-state index contributed by atoms with van der Waals surface area (Å²) in [5, 5.41) is 11.5. The molecule has 0 aromatic carbocycles. The molecule has 0 unspecified atom stereocenters. The van der Waals surface area contributed by atoms with Crippen LogP contribution in [0.4, 0.5) is 4.79 Å². The van der Waals surface area contributed by atoms with E-state index in [0.29, 0.717) is 19.5 Å². The molecule has 1 aliphatic carbocycles. The van der Waals surface area contributed by atoms with E-state index in [4.69, 9.17) is 5.11 Å². The Morgan fingerprint density at radius 2 is 2.17 bits per heavy atom. The minimum atomic E-state index is -1.02. The molecule has 1 saturated heterocycles. The molecule has 2 rings (SSSR count). The molecule has 18 heavy (non-hydrogen) atoms. The number of nitrogens with zero attached hydrogens (tertiary/aromatic N) is 2. The van der Waals surface area contributed by atoms with Gasteiger partial charge in [0.2, 0.25) is 5.91 Å². The van der Waals surface area contributed by atoms with Gasteiger partial charge in [0.15, 0.2) is 0 Å². The van der Waals surface area contributed by atoms with Crippen molar-refractivity contribution >= 4 is 17.9 Å². The predicted molar refractivity (Wildman–Crippen MR) is 62.0 cm³/mol. The fourth-order valence-electron chi connectivity index (χ4n) is 2.04. The number of carbonyl (C=O) groups excluding carboxylic acids is 2. The third-order valence-corrected chi connectivity index (χ3v) is 3.07. The van der Waals surface area contributed by atoms with Gasteiger partial charge in [0.25, 0.3) is 0 Å². The van der Waals surface area contributed by atoms with Crippen LogP contribution in [-0.4, -0.2) is 65.0 Å². The molecule has 0 spiro atoms. The highest BCUT2D eigenvalue weighted by Crippen LogP contribution is 2.27. The van der Waals surface area contributed by atoms with E-state index in [9.17, 15) is 14.4 Å². The molecular formula is C11H17N3O4. The zero-order valence-electron chi connectivity index (χ0n) is 10.1. The van der Waals surface area contributed by atoms with Crippen molar-refractivity contribution in [1.82, 2.24) is 15.1 Å². The first-order valence-electron chi connectivity index (χ1n) is 6.12. The Morgan fingerprint density at radius 3 is 2.78 bits per heavy atom. The second-order valence-electron chi connectivity index (χ2n) is 4.66. The molecule has 0 aromatic heterocycles. The van der Waals surface area contributed by atoms with E-state index in [1.807, 2.05) is 0 Å². The van der Waals surface area contributed by atoms with E-state index in [-0.39, 0.29) is 31.1 Å². The van der Waals surface area contributed by atoms with Gasteiger partial charge in [0, 0.05) is 19.1 Å². The summed E-state index contributed by atoms with van der Waals surface area (Å²) in [5.41, 5.74) is 0.